The topological polar surface area (TPSA) is 51.1 Å². The minimum Gasteiger partial charge on any atom is -0.370 e. The van der Waals surface area contributed by atoms with Gasteiger partial charge in [0.2, 0.25) is 0 Å². The second kappa shape index (κ2) is 5.86. The number of nitrogens with zero attached hydrogens (tertiary/aromatic N) is 4. The maximum atomic E-state index is 5.98. The molecule has 0 aromatic carbocycles. The highest BCUT2D eigenvalue weighted by Gasteiger charge is 2.29. The number of anilines is 1. The Morgan fingerprint density at radius 2 is 2.15 bits per heavy atom. The zero-order valence-electron chi connectivity index (χ0n) is 15.6. The summed E-state index contributed by atoms with van der Waals surface area (Å²) >= 11 is 1.74. The number of hydrogen-bond acceptors (Lipinski definition) is 6. The number of piperidine rings is 1. The van der Waals surface area contributed by atoms with Crippen LogP contribution >= 0.6 is 11.3 Å². The number of thiophene rings is 1. The lowest BCUT2D eigenvalue weighted by Gasteiger charge is -2.34. The molecule has 3 aromatic heterocycles. The van der Waals surface area contributed by atoms with Crippen LogP contribution in [-0.4, -0.2) is 33.1 Å². The third kappa shape index (κ3) is 2.58. The highest BCUT2D eigenvalue weighted by atomic mass is 32.1. The lowest BCUT2D eigenvalue weighted by Crippen LogP contribution is -2.38. The Balaban J connectivity index is 1.68. The van der Waals surface area contributed by atoms with Crippen LogP contribution in [0.3, 0.4) is 0 Å². The Labute approximate surface area is 157 Å². The molecule has 0 spiro atoms. The van der Waals surface area contributed by atoms with Gasteiger partial charge < -0.3 is 9.64 Å². The number of ether oxygens (including phenoxy) is 1. The van der Waals surface area contributed by atoms with Crippen LogP contribution in [-0.2, 0) is 17.8 Å². The quantitative estimate of drug-likeness (QED) is 0.634. The van der Waals surface area contributed by atoms with E-state index in [0.717, 1.165) is 34.5 Å². The van der Waals surface area contributed by atoms with E-state index < -0.39 is 0 Å². The summed E-state index contributed by atoms with van der Waals surface area (Å²) in [5.74, 6) is 1.08. The molecule has 5 heterocycles. The summed E-state index contributed by atoms with van der Waals surface area (Å²) in [7, 11) is 0. The van der Waals surface area contributed by atoms with E-state index in [1.807, 2.05) is 0 Å². The summed E-state index contributed by atoms with van der Waals surface area (Å²) in [6.45, 7) is 8.27. The molecule has 2 aliphatic heterocycles. The zero-order chi connectivity index (χ0) is 17.9. The minimum atomic E-state index is -0.140. The SMILES string of the molecule is C[C@@H]1CCCCN1c1ncnc2c1sc1nc3c(cc12)COC(C)(C)C3. The second-order valence-electron chi connectivity index (χ2n) is 8.19. The van der Waals surface area contributed by atoms with Gasteiger partial charge in [0.15, 0.2) is 0 Å². The first kappa shape index (κ1) is 16.4. The van der Waals surface area contributed by atoms with E-state index in [1.165, 1.54) is 35.2 Å². The average molecular weight is 369 g/mol. The van der Waals surface area contributed by atoms with Crippen molar-refractivity contribution in [1.82, 2.24) is 15.0 Å². The molecule has 136 valence electrons. The summed E-state index contributed by atoms with van der Waals surface area (Å²) < 4.78 is 7.16. The summed E-state index contributed by atoms with van der Waals surface area (Å²) in [6, 6.07) is 2.77. The highest BCUT2D eigenvalue weighted by molar-refractivity contribution is 7.25. The Morgan fingerprint density at radius 3 is 3.00 bits per heavy atom. The van der Waals surface area contributed by atoms with Gasteiger partial charge in [-0.15, -0.1) is 11.3 Å². The molecule has 2 aliphatic rings. The number of rotatable bonds is 1. The first-order valence-electron chi connectivity index (χ1n) is 9.48. The van der Waals surface area contributed by atoms with Gasteiger partial charge in [0.1, 0.15) is 17.0 Å². The van der Waals surface area contributed by atoms with Crippen LogP contribution in [0.4, 0.5) is 5.82 Å². The van der Waals surface area contributed by atoms with Crippen LogP contribution in [0.15, 0.2) is 12.4 Å². The Bertz CT molecular complexity index is 996. The van der Waals surface area contributed by atoms with Gasteiger partial charge in [0.25, 0.3) is 0 Å². The summed E-state index contributed by atoms with van der Waals surface area (Å²) in [5, 5.41) is 1.14. The first-order valence-corrected chi connectivity index (χ1v) is 10.3. The van der Waals surface area contributed by atoms with Crippen molar-refractivity contribution in [3.8, 4) is 0 Å². The van der Waals surface area contributed by atoms with Crippen molar-refractivity contribution < 1.29 is 4.74 Å². The molecule has 26 heavy (non-hydrogen) atoms. The normalized spacial score (nSPS) is 22.7. The van der Waals surface area contributed by atoms with Crippen LogP contribution in [0.25, 0.3) is 20.4 Å². The van der Waals surface area contributed by atoms with Crippen LogP contribution in [0, 0.1) is 0 Å². The van der Waals surface area contributed by atoms with Crippen molar-refractivity contribution >= 4 is 37.6 Å². The maximum Gasteiger partial charge on any atom is 0.150 e. The molecule has 0 radical (unpaired) electrons. The molecule has 0 aliphatic carbocycles. The fraction of sp³-hybridized carbons (Fsp3) is 0.550. The summed E-state index contributed by atoms with van der Waals surface area (Å²) in [4.78, 5) is 17.8. The molecule has 0 saturated carbocycles. The van der Waals surface area contributed by atoms with E-state index in [4.69, 9.17) is 9.72 Å². The van der Waals surface area contributed by atoms with Crippen LogP contribution in [0.1, 0.15) is 51.3 Å². The van der Waals surface area contributed by atoms with E-state index in [9.17, 15) is 0 Å². The molecule has 0 N–H and O–H groups in total. The van der Waals surface area contributed by atoms with E-state index in [1.54, 1.807) is 17.7 Å². The van der Waals surface area contributed by atoms with Crippen molar-refractivity contribution in [2.24, 2.45) is 0 Å². The molecule has 5 rings (SSSR count). The van der Waals surface area contributed by atoms with Crippen LogP contribution in [0.2, 0.25) is 0 Å². The Hall–Kier alpha value is -1.79. The second-order valence-corrected chi connectivity index (χ2v) is 9.19. The number of fused-ring (bicyclic) bond motifs is 4. The standard InChI is InChI=1S/C20H24N4OS/c1-12-6-4-5-7-24(12)18-17-16(21-11-22-18)14-8-13-10-25-20(2,3)9-15(13)23-19(14)26-17/h8,11-12H,4-7,9-10H2,1-3H3/t12-/m1/s1. The van der Waals surface area contributed by atoms with Gasteiger partial charge in [-0.05, 0) is 46.1 Å². The molecule has 6 heteroatoms. The first-order chi connectivity index (χ1) is 12.5. The van der Waals surface area contributed by atoms with Crippen molar-refractivity contribution in [3.63, 3.8) is 0 Å². The monoisotopic (exact) mass is 368 g/mol. The Kier molecular flexibility index (Phi) is 3.69. The molecular weight excluding hydrogens is 344 g/mol. The molecular formula is C20H24N4OS. The van der Waals surface area contributed by atoms with Gasteiger partial charge in [-0.3, -0.25) is 0 Å². The minimum absolute atomic E-state index is 0.140. The van der Waals surface area contributed by atoms with E-state index in [-0.39, 0.29) is 5.60 Å². The highest BCUT2D eigenvalue weighted by Crippen LogP contribution is 2.40. The van der Waals surface area contributed by atoms with E-state index >= 15 is 0 Å². The molecule has 1 saturated heterocycles. The molecule has 3 aromatic rings. The fourth-order valence-electron chi connectivity index (χ4n) is 4.19. The molecule has 1 fully saturated rings. The molecule has 5 nitrogen and oxygen atoms in total. The van der Waals surface area contributed by atoms with E-state index in [0.29, 0.717) is 12.6 Å². The summed E-state index contributed by atoms with van der Waals surface area (Å²) in [6.07, 6.45) is 6.34. The van der Waals surface area contributed by atoms with Gasteiger partial charge in [0, 0.05) is 30.0 Å². The molecule has 1 atom stereocenters. The lowest BCUT2D eigenvalue weighted by molar-refractivity contribution is -0.0411. The van der Waals surface area contributed by atoms with Crippen molar-refractivity contribution in [1.29, 1.82) is 0 Å². The largest absolute Gasteiger partial charge is 0.370 e. The third-order valence-corrected chi connectivity index (χ3v) is 6.77. The van der Waals surface area contributed by atoms with Crippen molar-refractivity contribution in [3.05, 3.63) is 23.7 Å². The third-order valence-electron chi connectivity index (χ3n) is 5.68. The zero-order valence-corrected chi connectivity index (χ0v) is 16.4. The summed E-state index contributed by atoms with van der Waals surface area (Å²) in [5.41, 5.74) is 3.26. The average Bonchev–Trinajstić information content (AvgIpc) is 2.97. The molecule has 0 unspecified atom stereocenters. The van der Waals surface area contributed by atoms with Crippen LogP contribution < -0.4 is 4.90 Å². The van der Waals surface area contributed by atoms with Gasteiger partial charge in [-0.2, -0.15) is 0 Å². The molecule has 0 amide bonds. The number of aromatic nitrogens is 3. The van der Waals surface area contributed by atoms with Gasteiger partial charge in [-0.25, -0.2) is 15.0 Å². The fourth-order valence-corrected chi connectivity index (χ4v) is 5.33. The number of pyridine rings is 1. The molecule has 0 bridgehead atoms. The van der Waals surface area contributed by atoms with Gasteiger partial charge in [0.05, 0.1) is 28.1 Å². The van der Waals surface area contributed by atoms with Crippen LogP contribution in [0.5, 0.6) is 0 Å². The maximum absolute atomic E-state index is 5.98. The van der Waals surface area contributed by atoms with Crippen molar-refractivity contribution in [2.75, 3.05) is 11.4 Å². The predicted molar refractivity (Wildman–Crippen MR) is 106 cm³/mol. The smallest absolute Gasteiger partial charge is 0.150 e. The number of hydrogen-bond donors (Lipinski definition) is 0. The van der Waals surface area contributed by atoms with Gasteiger partial charge >= 0.3 is 0 Å². The van der Waals surface area contributed by atoms with E-state index in [2.05, 4.69) is 41.7 Å². The van der Waals surface area contributed by atoms with Crippen molar-refractivity contribution in [2.45, 2.75) is 64.7 Å². The predicted octanol–water partition coefficient (Wildman–Crippen LogP) is 4.47. The lowest BCUT2D eigenvalue weighted by atomic mass is 9.95. The van der Waals surface area contributed by atoms with Gasteiger partial charge in [-0.1, -0.05) is 0 Å². The Morgan fingerprint density at radius 1 is 1.27 bits per heavy atom.